The van der Waals surface area contributed by atoms with Crippen molar-refractivity contribution in [3.8, 4) is 5.75 Å². The van der Waals surface area contributed by atoms with E-state index in [2.05, 4.69) is 4.90 Å². The lowest BCUT2D eigenvalue weighted by Crippen LogP contribution is -2.41. The molecule has 0 unspecified atom stereocenters. The summed E-state index contributed by atoms with van der Waals surface area (Å²) in [6.07, 6.45) is 8.15. The number of aliphatic hydroxyl groups excluding tert-OH is 1. The Kier molecular flexibility index (Phi) is 7.14. The predicted octanol–water partition coefficient (Wildman–Crippen LogP) is 3.25. The summed E-state index contributed by atoms with van der Waals surface area (Å²) in [6.45, 7) is 0.920. The van der Waals surface area contributed by atoms with Gasteiger partial charge in [0.05, 0.1) is 7.11 Å². The summed E-state index contributed by atoms with van der Waals surface area (Å²) in [7, 11) is 5.48. The second kappa shape index (κ2) is 9.59. The third kappa shape index (κ3) is 4.56. The van der Waals surface area contributed by atoms with Crippen LogP contribution in [0.4, 0.5) is 5.69 Å². The highest BCUT2D eigenvalue weighted by Gasteiger charge is 2.40. The molecular formula is C22H31N3O3S. The largest absolute Gasteiger partial charge is 0.496 e. The second-order valence-electron chi connectivity index (χ2n) is 7.76. The van der Waals surface area contributed by atoms with Gasteiger partial charge >= 0.3 is 0 Å². The number of thiocarbonyl (C=S) groups is 1. The van der Waals surface area contributed by atoms with Crippen LogP contribution in [0.15, 0.2) is 23.9 Å². The molecule has 29 heavy (non-hydrogen) atoms. The highest BCUT2D eigenvalue weighted by Crippen LogP contribution is 2.33. The maximum atomic E-state index is 13.2. The Balaban J connectivity index is 1.86. The number of rotatable bonds is 7. The van der Waals surface area contributed by atoms with Crippen LogP contribution in [0.5, 0.6) is 5.75 Å². The van der Waals surface area contributed by atoms with Gasteiger partial charge in [-0.25, -0.2) is 0 Å². The van der Waals surface area contributed by atoms with Crippen molar-refractivity contribution in [2.24, 2.45) is 0 Å². The number of benzene rings is 1. The molecule has 1 aliphatic carbocycles. The van der Waals surface area contributed by atoms with Crippen molar-refractivity contribution in [1.82, 2.24) is 9.80 Å². The zero-order valence-electron chi connectivity index (χ0n) is 17.6. The number of hydrogen-bond donors (Lipinski definition) is 1. The average Bonchev–Trinajstić information content (AvgIpc) is 2.95. The monoisotopic (exact) mass is 417 g/mol. The maximum Gasteiger partial charge on any atom is 0.277 e. The molecule has 158 valence electrons. The number of carbonyl (C=O) groups excluding carboxylic acids is 1. The van der Waals surface area contributed by atoms with Crippen LogP contribution in [0.1, 0.15) is 44.1 Å². The molecule has 7 heteroatoms. The van der Waals surface area contributed by atoms with Crippen LogP contribution in [-0.2, 0) is 4.79 Å². The van der Waals surface area contributed by atoms with Crippen LogP contribution in [0.3, 0.4) is 0 Å². The van der Waals surface area contributed by atoms with E-state index in [-0.39, 0.29) is 18.6 Å². The van der Waals surface area contributed by atoms with Gasteiger partial charge in [-0.15, -0.1) is 0 Å². The van der Waals surface area contributed by atoms with E-state index in [0.29, 0.717) is 23.0 Å². The van der Waals surface area contributed by atoms with Gasteiger partial charge in [-0.3, -0.25) is 9.69 Å². The van der Waals surface area contributed by atoms with Crippen LogP contribution < -0.4 is 9.64 Å². The molecule has 1 aliphatic heterocycles. The van der Waals surface area contributed by atoms with E-state index in [0.717, 1.165) is 43.5 Å². The number of amides is 1. The molecule has 1 aromatic rings. The molecule has 1 heterocycles. The fourth-order valence-electron chi connectivity index (χ4n) is 4.08. The Morgan fingerprint density at radius 2 is 2.03 bits per heavy atom. The first-order valence-electron chi connectivity index (χ1n) is 10.3. The fraction of sp³-hybridized carbons (Fsp3) is 0.545. The van der Waals surface area contributed by atoms with Crippen molar-refractivity contribution in [3.05, 3.63) is 29.5 Å². The molecule has 0 bridgehead atoms. The van der Waals surface area contributed by atoms with Crippen molar-refractivity contribution < 1.29 is 14.6 Å². The van der Waals surface area contributed by atoms with Crippen molar-refractivity contribution in [1.29, 1.82) is 0 Å². The van der Waals surface area contributed by atoms with Gasteiger partial charge in [0.15, 0.2) is 5.11 Å². The van der Waals surface area contributed by atoms with Gasteiger partial charge in [-0.2, -0.15) is 0 Å². The van der Waals surface area contributed by atoms with E-state index in [1.54, 1.807) is 7.11 Å². The maximum absolute atomic E-state index is 13.2. The summed E-state index contributed by atoms with van der Waals surface area (Å²) in [6, 6.07) is 6.13. The highest BCUT2D eigenvalue weighted by molar-refractivity contribution is 7.80. The summed E-state index contributed by atoms with van der Waals surface area (Å²) < 4.78 is 5.59. The number of anilines is 1. The van der Waals surface area contributed by atoms with E-state index >= 15 is 0 Å². The summed E-state index contributed by atoms with van der Waals surface area (Å²) in [5.74, 6) is 0.685. The third-order valence-electron chi connectivity index (χ3n) is 5.83. The van der Waals surface area contributed by atoms with Crippen LogP contribution in [0, 0.1) is 0 Å². The normalized spacial score (nSPS) is 19.4. The number of carbonyl (C=O) groups is 1. The van der Waals surface area contributed by atoms with Gasteiger partial charge in [0.1, 0.15) is 11.4 Å². The molecule has 6 nitrogen and oxygen atoms in total. The minimum absolute atomic E-state index is 0.0180. The van der Waals surface area contributed by atoms with E-state index in [9.17, 15) is 4.79 Å². The summed E-state index contributed by atoms with van der Waals surface area (Å²) in [4.78, 5) is 18.9. The quantitative estimate of drug-likeness (QED) is 0.543. The Morgan fingerprint density at radius 1 is 1.31 bits per heavy atom. The van der Waals surface area contributed by atoms with E-state index in [1.165, 1.54) is 6.42 Å². The molecule has 1 aromatic carbocycles. The fourth-order valence-corrected chi connectivity index (χ4v) is 4.41. The lowest BCUT2D eigenvalue weighted by atomic mass is 9.94. The van der Waals surface area contributed by atoms with Crippen molar-refractivity contribution >= 4 is 35.0 Å². The minimum Gasteiger partial charge on any atom is -0.496 e. The second-order valence-corrected chi connectivity index (χ2v) is 8.13. The van der Waals surface area contributed by atoms with E-state index in [4.69, 9.17) is 22.1 Å². The molecule has 3 rings (SSSR count). The molecule has 2 aliphatic rings. The van der Waals surface area contributed by atoms with E-state index < -0.39 is 0 Å². The zero-order valence-corrected chi connectivity index (χ0v) is 18.4. The molecular weight excluding hydrogens is 386 g/mol. The highest BCUT2D eigenvalue weighted by atomic mass is 32.1. The molecule has 2 fully saturated rings. The number of likely N-dealkylation sites (N-methyl/N-ethyl adjacent to an activating group) is 1. The molecule has 0 radical (unpaired) electrons. The Morgan fingerprint density at radius 3 is 2.69 bits per heavy atom. The van der Waals surface area contributed by atoms with Crippen LogP contribution in [0.25, 0.3) is 6.08 Å². The van der Waals surface area contributed by atoms with Crippen molar-refractivity contribution in [2.45, 2.75) is 44.6 Å². The number of methoxy groups -OCH3 is 1. The van der Waals surface area contributed by atoms with Gasteiger partial charge in [0, 0.05) is 50.6 Å². The van der Waals surface area contributed by atoms with Gasteiger partial charge in [0.25, 0.3) is 5.91 Å². The minimum atomic E-state index is -0.0180. The Labute approximate surface area is 178 Å². The smallest absolute Gasteiger partial charge is 0.277 e. The lowest BCUT2D eigenvalue weighted by Gasteiger charge is -2.30. The Hall–Kier alpha value is -2.12. The molecule has 0 atom stereocenters. The topological polar surface area (TPSA) is 56.3 Å². The number of aliphatic hydroxyl groups is 1. The van der Waals surface area contributed by atoms with Crippen molar-refractivity contribution in [2.75, 3.05) is 39.3 Å². The molecule has 0 aromatic heterocycles. The summed E-state index contributed by atoms with van der Waals surface area (Å²) in [5.41, 5.74) is 2.43. The van der Waals surface area contributed by atoms with Gasteiger partial charge < -0.3 is 19.6 Å². The predicted molar refractivity (Wildman–Crippen MR) is 120 cm³/mol. The summed E-state index contributed by atoms with van der Waals surface area (Å²) >= 11 is 5.60. The summed E-state index contributed by atoms with van der Waals surface area (Å²) in [5, 5.41) is 9.63. The first-order valence-corrected chi connectivity index (χ1v) is 10.7. The van der Waals surface area contributed by atoms with Crippen LogP contribution >= 0.6 is 12.2 Å². The molecule has 1 saturated carbocycles. The molecule has 1 N–H and O–H groups in total. The van der Waals surface area contributed by atoms with Gasteiger partial charge in [-0.05, 0) is 49.7 Å². The first kappa shape index (κ1) is 21.6. The number of nitrogens with zero attached hydrogens (tertiary/aromatic N) is 3. The number of hydrogen-bond acceptors (Lipinski definition) is 5. The standard InChI is InChI=1S/C22H31N3O3S/c1-23(12-7-13-26)18-11-10-16(20(15-18)28-3)14-19-21(27)25(22(29)24(19)2)17-8-5-4-6-9-17/h10-11,14-15,17,26H,4-9,12-13H2,1-3H3/b19-14+. The zero-order chi connectivity index (χ0) is 21.0. The molecule has 1 saturated heterocycles. The van der Waals surface area contributed by atoms with Crippen LogP contribution in [0.2, 0.25) is 0 Å². The first-order chi connectivity index (χ1) is 14.0. The molecule has 0 spiro atoms. The average molecular weight is 418 g/mol. The third-order valence-corrected chi connectivity index (χ3v) is 6.30. The van der Waals surface area contributed by atoms with Crippen LogP contribution in [-0.4, -0.2) is 66.3 Å². The van der Waals surface area contributed by atoms with Gasteiger partial charge in [-0.1, -0.05) is 19.3 Å². The number of ether oxygens (including phenoxy) is 1. The SMILES string of the molecule is COc1cc(N(C)CCCO)ccc1/C=C1\C(=O)N(C2CCCCC2)C(=S)N1C. The lowest BCUT2D eigenvalue weighted by molar-refractivity contribution is -0.124. The van der Waals surface area contributed by atoms with Crippen molar-refractivity contribution in [3.63, 3.8) is 0 Å². The van der Waals surface area contributed by atoms with E-state index in [1.807, 2.05) is 48.2 Å². The Bertz CT molecular complexity index is 790. The van der Waals surface area contributed by atoms with Gasteiger partial charge in [0.2, 0.25) is 0 Å². The molecule has 1 amide bonds.